The number of unbranched alkanes of at least 4 members (excludes halogenated alkanes) is 42. The summed E-state index contributed by atoms with van der Waals surface area (Å²) in [6.45, 7) is 6.59. The summed E-state index contributed by atoms with van der Waals surface area (Å²) in [7, 11) is 0. The lowest BCUT2D eigenvalue weighted by Crippen LogP contribution is -2.30. The third-order valence-corrected chi connectivity index (χ3v) is 14.0. The zero-order chi connectivity index (χ0) is 50.0. The molecule has 69 heavy (non-hydrogen) atoms. The highest BCUT2D eigenvalue weighted by molar-refractivity contribution is 5.71. The van der Waals surface area contributed by atoms with Crippen LogP contribution in [0.2, 0.25) is 0 Å². The molecule has 0 saturated carbocycles. The van der Waals surface area contributed by atoms with E-state index in [0.717, 1.165) is 77.0 Å². The average molecular weight is 972 g/mol. The lowest BCUT2D eigenvalue weighted by molar-refractivity contribution is -0.167. The minimum absolute atomic E-state index is 0.0728. The molecule has 6 nitrogen and oxygen atoms in total. The summed E-state index contributed by atoms with van der Waals surface area (Å²) in [5.41, 5.74) is 0. The van der Waals surface area contributed by atoms with Gasteiger partial charge in [-0.3, -0.25) is 14.4 Å². The van der Waals surface area contributed by atoms with Gasteiger partial charge in [-0.1, -0.05) is 295 Å². The normalized spacial score (nSPS) is 12.1. The number of hydrogen-bond acceptors (Lipinski definition) is 6. The van der Waals surface area contributed by atoms with Crippen LogP contribution in [0.25, 0.3) is 0 Å². The standard InChI is InChI=1S/C63H118O6/c1-4-7-10-13-16-18-20-22-24-25-26-27-28-29-30-31-32-33-34-35-36-37-38-40-41-43-45-47-50-53-56-62(65)68-59-60(58-67-61(64)55-52-49-15-12-9-6-3)69-63(66)57-54-51-48-46-44-42-39-23-21-19-17-14-11-8-5-2/h17,19,23,39,60H,4-16,18,20-22,24-38,40-59H2,1-3H3/b19-17-,39-23-. The van der Waals surface area contributed by atoms with E-state index in [4.69, 9.17) is 14.2 Å². The van der Waals surface area contributed by atoms with Crippen molar-refractivity contribution in [3.8, 4) is 0 Å². The van der Waals surface area contributed by atoms with E-state index in [9.17, 15) is 14.4 Å². The highest BCUT2D eigenvalue weighted by Gasteiger charge is 2.19. The minimum Gasteiger partial charge on any atom is -0.462 e. The smallest absolute Gasteiger partial charge is 0.306 e. The van der Waals surface area contributed by atoms with E-state index in [-0.39, 0.29) is 31.1 Å². The highest BCUT2D eigenvalue weighted by atomic mass is 16.6. The second-order valence-corrected chi connectivity index (χ2v) is 21.0. The average Bonchev–Trinajstić information content (AvgIpc) is 3.35. The van der Waals surface area contributed by atoms with E-state index in [1.54, 1.807) is 0 Å². The molecule has 0 amide bonds. The van der Waals surface area contributed by atoms with Crippen LogP contribution in [0.4, 0.5) is 0 Å². The van der Waals surface area contributed by atoms with Gasteiger partial charge in [-0.15, -0.1) is 0 Å². The van der Waals surface area contributed by atoms with Gasteiger partial charge < -0.3 is 14.2 Å². The SMILES string of the molecule is CCCCC/C=C\C/C=C\CCCCCCCC(=O)OC(COC(=O)CCCCCCCC)COC(=O)CCCCCCCCCCCCCCCCCCCCCCCCCCCCCCCC. The Bertz CT molecular complexity index is 1110. The van der Waals surface area contributed by atoms with Crippen LogP contribution < -0.4 is 0 Å². The van der Waals surface area contributed by atoms with Crippen molar-refractivity contribution in [2.45, 2.75) is 348 Å². The van der Waals surface area contributed by atoms with Gasteiger partial charge in [0.15, 0.2) is 6.10 Å². The highest BCUT2D eigenvalue weighted by Crippen LogP contribution is 2.18. The fraction of sp³-hybridized carbons (Fsp3) is 0.889. The molecule has 0 aliphatic rings. The van der Waals surface area contributed by atoms with Crippen molar-refractivity contribution in [3.63, 3.8) is 0 Å². The Balaban J connectivity index is 3.95. The number of esters is 3. The summed E-state index contributed by atoms with van der Waals surface area (Å²) in [6.07, 6.45) is 69.5. The lowest BCUT2D eigenvalue weighted by Gasteiger charge is -2.18. The van der Waals surface area contributed by atoms with Crippen LogP contribution in [0.3, 0.4) is 0 Å². The molecule has 0 N–H and O–H groups in total. The molecule has 0 spiro atoms. The van der Waals surface area contributed by atoms with E-state index in [1.807, 2.05) is 0 Å². The zero-order valence-corrected chi connectivity index (χ0v) is 46.6. The largest absolute Gasteiger partial charge is 0.462 e. The zero-order valence-electron chi connectivity index (χ0n) is 46.6. The molecule has 0 aromatic heterocycles. The first-order chi connectivity index (χ1) is 34.0. The van der Waals surface area contributed by atoms with Crippen molar-refractivity contribution in [1.82, 2.24) is 0 Å². The number of allylic oxidation sites excluding steroid dienone is 4. The molecule has 6 heteroatoms. The third-order valence-electron chi connectivity index (χ3n) is 14.0. The van der Waals surface area contributed by atoms with Gasteiger partial charge in [-0.2, -0.15) is 0 Å². The maximum Gasteiger partial charge on any atom is 0.306 e. The van der Waals surface area contributed by atoms with Crippen molar-refractivity contribution in [1.29, 1.82) is 0 Å². The van der Waals surface area contributed by atoms with E-state index >= 15 is 0 Å². The molecule has 0 aliphatic carbocycles. The van der Waals surface area contributed by atoms with E-state index in [0.29, 0.717) is 19.3 Å². The third kappa shape index (κ3) is 56.7. The second kappa shape index (κ2) is 58.5. The fourth-order valence-corrected chi connectivity index (χ4v) is 9.30. The Hall–Kier alpha value is -2.11. The Morgan fingerprint density at radius 1 is 0.290 bits per heavy atom. The fourth-order valence-electron chi connectivity index (χ4n) is 9.30. The number of rotatable bonds is 57. The molecule has 0 aliphatic heterocycles. The predicted octanol–water partition coefficient (Wildman–Crippen LogP) is 20.7. The van der Waals surface area contributed by atoms with Gasteiger partial charge in [0.05, 0.1) is 0 Å². The Labute approximate surface area is 430 Å². The molecule has 0 saturated heterocycles. The summed E-state index contributed by atoms with van der Waals surface area (Å²) in [4.78, 5) is 37.9. The molecule has 1 atom stereocenters. The number of carbonyl (C=O) groups is 3. The van der Waals surface area contributed by atoms with E-state index in [2.05, 4.69) is 45.1 Å². The van der Waals surface area contributed by atoms with Gasteiger partial charge in [-0.25, -0.2) is 0 Å². The molecule has 0 fully saturated rings. The first-order valence-electron chi connectivity index (χ1n) is 30.8. The molecule has 0 aromatic carbocycles. The van der Waals surface area contributed by atoms with Gasteiger partial charge in [0, 0.05) is 19.3 Å². The predicted molar refractivity (Wildman–Crippen MR) is 298 cm³/mol. The van der Waals surface area contributed by atoms with Crippen LogP contribution in [0.5, 0.6) is 0 Å². The maximum atomic E-state index is 12.8. The van der Waals surface area contributed by atoms with Crippen LogP contribution in [0.1, 0.15) is 342 Å². The van der Waals surface area contributed by atoms with Gasteiger partial charge >= 0.3 is 17.9 Å². The first-order valence-corrected chi connectivity index (χ1v) is 30.8. The quantitative estimate of drug-likeness (QED) is 0.0261. The van der Waals surface area contributed by atoms with E-state index in [1.165, 1.54) is 225 Å². The van der Waals surface area contributed by atoms with Gasteiger partial charge in [0.2, 0.25) is 0 Å². The van der Waals surface area contributed by atoms with Crippen molar-refractivity contribution in [2.75, 3.05) is 13.2 Å². The van der Waals surface area contributed by atoms with Crippen molar-refractivity contribution < 1.29 is 28.6 Å². The topological polar surface area (TPSA) is 78.9 Å². The summed E-state index contributed by atoms with van der Waals surface area (Å²) in [5, 5.41) is 0. The van der Waals surface area contributed by atoms with Crippen molar-refractivity contribution in [2.24, 2.45) is 0 Å². The summed E-state index contributed by atoms with van der Waals surface area (Å²) in [6, 6.07) is 0. The molecule has 0 rings (SSSR count). The molecule has 0 bridgehead atoms. The Morgan fingerprint density at radius 3 is 0.826 bits per heavy atom. The van der Waals surface area contributed by atoms with Crippen LogP contribution in [-0.2, 0) is 28.6 Å². The number of ether oxygens (including phenoxy) is 3. The van der Waals surface area contributed by atoms with Gasteiger partial charge in [0.1, 0.15) is 13.2 Å². The molecule has 406 valence electrons. The van der Waals surface area contributed by atoms with Crippen LogP contribution >= 0.6 is 0 Å². The molecule has 0 radical (unpaired) electrons. The monoisotopic (exact) mass is 971 g/mol. The van der Waals surface area contributed by atoms with Crippen LogP contribution in [-0.4, -0.2) is 37.2 Å². The van der Waals surface area contributed by atoms with Crippen molar-refractivity contribution >= 4 is 17.9 Å². The van der Waals surface area contributed by atoms with Gasteiger partial charge in [-0.05, 0) is 51.4 Å². The van der Waals surface area contributed by atoms with Crippen LogP contribution in [0.15, 0.2) is 24.3 Å². The van der Waals surface area contributed by atoms with E-state index < -0.39 is 6.10 Å². The minimum atomic E-state index is -0.772. The van der Waals surface area contributed by atoms with Crippen LogP contribution in [0, 0.1) is 0 Å². The van der Waals surface area contributed by atoms with Gasteiger partial charge in [0.25, 0.3) is 0 Å². The summed E-state index contributed by atoms with van der Waals surface area (Å²) >= 11 is 0. The maximum absolute atomic E-state index is 12.8. The molecular formula is C63H118O6. The number of carbonyl (C=O) groups excluding carboxylic acids is 3. The Morgan fingerprint density at radius 2 is 0.522 bits per heavy atom. The second-order valence-electron chi connectivity index (χ2n) is 21.0. The Kier molecular flexibility index (Phi) is 56.7. The lowest BCUT2D eigenvalue weighted by atomic mass is 10.0. The number of hydrogen-bond donors (Lipinski definition) is 0. The molecule has 0 aromatic rings. The molecular weight excluding hydrogens is 853 g/mol. The molecule has 1 unspecified atom stereocenters. The summed E-state index contributed by atoms with van der Waals surface area (Å²) in [5.74, 6) is -0.879. The summed E-state index contributed by atoms with van der Waals surface area (Å²) < 4.78 is 16.8. The molecule has 0 heterocycles. The van der Waals surface area contributed by atoms with Crippen molar-refractivity contribution in [3.05, 3.63) is 24.3 Å². The first kappa shape index (κ1) is 66.9.